The maximum absolute atomic E-state index is 3.47. The van der Waals surface area contributed by atoms with Gasteiger partial charge in [0.15, 0.2) is 0 Å². The van der Waals surface area contributed by atoms with E-state index in [1.807, 2.05) is 0 Å². The van der Waals surface area contributed by atoms with E-state index in [2.05, 4.69) is 24.6 Å². The van der Waals surface area contributed by atoms with Crippen molar-refractivity contribution in [1.29, 1.82) is 0 Å². The lowest BCUT2D eigenvalue weighted by molar-refractivity contribution is 0.369. The average Bonchev–Trinajstić information content (AvgIpc) is 2.30. The highest BCUT2D eigenvalue weighted by atomic mass is 14.9. The predicted octanol–water partition coefficient (Wildman–Crippen LogP) is 0.984. The zero-order valence-electron chi connectivity index (χ0n) is 7.69. The Hall–Kier alpha value is -0.0800. The summed E-state index contributed by atoms with van der Waals surface area (Å²) in [5, 5.41) is 6.79. The van der Waals surface area contributed by atoms with Crippen molar-refractivity contribution in [1.82, 2.24) is 10.6 Å². The van der Waals surface area contributed by atoms with Gasteiger partial charge in [-0.2, -0.15) is 0 Å². The van der Waals surface area contributed by atoms with Gasteiger partial charge < -0.3 is 10.6 Å². The van der Waals surface area contributed by atoms with Gasteiger partial charge in [0.1, 0.15) is 0 Å². The molecule has 0 bridgehead atoms. The van der Waals surface area contributed by atoms with E-state index in [0.717, 1.165) is 5.92 Å². The van der Waals surface area contributed by atoms with E-state index in [9.17, 15) is 0 Å². The highest BCUT2D eigenvalue weighted by Gasteiger charge is 2.16. The van der Waals surface area contributed by atoms with Gasteiger partial charge in [0.2, 0.25) is 0 Å². The Bertz CT molecular complexity index is 95.7. The molecule has 0 aliphatic carbocycles. The lowest BCUT2D eigenvalue weighted by Crippen LogP contribution is -2.36. The van der Waals surface area contributed by atoms with Gasteiger partial charge in [-0.1, -0.05) is 6.42 Å². The molecule has 11 heavy (non-hydrogen) atoms. The first-order valence-electron chi connectivity index (χ1n) is 4.72. The largest absolute Gasteiger partial charge is 0.317 e. The molecule has 1 aliphatic heterocycles. The van der Waals surface area contributed by atoms with Crippen molar-refractivity contribution in [3.05, 3.63) is 0 Å². The highest BCUT2D eigenvalue weighted by molar-refractivity contribution is 4.75. The second-order valence-electron chi connectivity index (χ2n) is 3.54. The van der Waals surface area contributed by atoms with Crippen molar-refractivity contribution in [3.63, 3.8) is 0 Å². The van der Waals surface area contributed by atoms with Crippen LogP contribution in [-0.4, -0.2) is 26.2 Å². The Kier molecular flexibility index (Phi) is 3.87. The summed E-state index contributed by atoms with van der Waals surface area (Å²) in [7, 11) is 2.05. The minimum absolute atomic E-state index is 0.667. The van der Waals surface area contributed by atoms with Crippen LogP contribution in [0.3, 0.4) is 0 Å². The molecule has 1 heterocycles. The van der Waals surface area contributed by atoms with Gasteiger partial charge in [-0.25, -0.2) is 0 Å². The Morgan fingerprint density at radius 1 is 1.45 bits per heavy atom. The fourth-order valence-corrected chi connectivity index (χ4v) is 1.71. The molecule has 66 valence electrons. The summed E-state index contributed by atoms with van der Waals surface area (Å²) >= 11 is 0. The van der Waals surface area contributed by atoms with Crippen LogP contribution in [0, 0.1) is 5.92 Å². The molecule has 1 saturated heterocycles. The first-order chi connectivity index (χ1) is 5.34. The zero-order chi connectivity index (χ0) is 8.10. The fraction of sp³-hybridized carbons (Fsp3) is 1.00. The Balaban J connectivity index is 2.30. The van der Waals surface area contributed by atoms with Crippen molar-refractivity contribution in [2.45, 2.75) is 32.2 Å². The van der Waals surface area contributed by atoms with Crippen LogP contribution < -0.4 is 10.6 Å². The van der Waals surface area contributed by atoms with Crippen molar-refractivity contribution in [2.24, 2.45) is 5.92 Å². The maximum atomic E-state index is 3.47. The summed E-state index contributed by atoms with van der Waals surface area (Å²) in [5.74, 6) is 0.836. The van der Waals surface area contributed by atoms with Crippen LogP contribution in [0.25, 0.3) is 0 Å². The predicted molar refractivity (Wildman–Crippen MR) is 48.7 cm³/mol. The van der Waals surface area contributed by atoms with Crippen LogP contribution in [0.5, 0.6) is 0 Å². The number of hydrogen-bond acceptors (Lipinski definition) is 2. The molecule has 0 aromatic rings. The highest BCUT2D eigenvalue weighted by Crippen LogP contribution is 2.14. The SMILES string of the molecule is CNC(C)C1CCCCNC1. The number of rotatable bonds is 2. The summed E-state index contributed by atoms with van der Waals surface area (Å²) in [6.45, 7) is 4.69. The topological polar surface area (TPSA) is 24.1 Å². The molecular weight excluding hydrogens is 136 g/mol. The molecule has 0 amide bonds. The van der Waals surface area contributed by atoms with E-state index in [1.54, 1.807) is 0 Å². The van der Waals surface area contributed by atoms with Crippen LogP contribution in [0.2, 0.25) is 0 Å². The monoisotopic (exact) mass is 156 g/mol. The molecule has 0 aromatic heterocycles. The fourth-order valence-electron chi connectivity index (χ4n) is 1.71. The normalized spacial score (nSPS) is 29.5. The van der Waals surface area contributed by atoms with Gasteiger partial charge in [-0.05, 0) is 45.8 Å². The molecule has 2 atom stereocenters. The minimum Gasteiger partial charge on any atom is -0.317 e. The Morgan fingerprint density at radius 2 is 2.27 bits per heavy atom. The zero-order valence-corrected chi connectivity index (χ0v) is 7.69. The summed E-state index contributed by atoms with van der Waals surface area (Å²) in [6, 6.07) is 0.667. The molecule has 0 spiro atoms. The molecule has 2 nitrogen and oxygen atoms in total. The first-order valence-corrected chi connectivity index (χ1v) is 4.72. The van der Waals surface area contributed by atoms with Crippen LogP contribution >= 0.6 is 0 Å². The number of nitrogens with one attached hydrogen (secondary N) is 2. The third-order valence-electron chi connectivity index (χ3n) is 2.75. The van der Waals surface area contributed by atoms with Gasteiger partial charge in [-0.15, -0.1) is 0 Å². The lowest BCUT2D eigenvalue weighted by Gasteiger charge is -2.21. The Labute approximate surface area is 69.8 Å². The molecule has 2 unspecified atom stereocenters. The average molecular weight is 156 g/mol. The molecule has 0 radical (unpaired) electrons. The summed E-state index contributed by atoms with van der Waals surface area (Å²) in [4.78, 5) is 0. The standard InChI is InChI=1S/C9H20N2/c1-8(10-2)9-5-3-4-6-11-7-9/h8-11H,3-7H2,1-2H3. The third kappa shape index (κ3) is 2.80. The van der Waals surface area contributed by atoms with Gasteiger partial charge in [-0.3, -0.25) is 0 Å². The van der Waals surface area contributed by atoms with E-state index in [4.69, 9.17) is 0 Å². The van der Waals surface area contributed by atoms with Gasteiger partial charge in [0.05, 0.1) is 0 Å². The molecule has 0 saturated carbocycles. The lowest BCUT2D eigenvalue weighted by atomic mass is 9.96. The summed E-state index contributed by atoms with van der Waals surface area (Å²) in [6.07, 6.45) is 4.13. The van der Waals surface area contributed by atoms with Gasteiger partial charge >= 0.3 is 0 Å². The maximum Gasteiger partial charge on any atom is 0.00761 e. The smallest absolute Gasteiger partial charge is 0.00761 e. The third-order valence-corrected chi connectivity index (χ3v) is 2.75. The quantitative estimate of drug-likeness (QED) is 0.623. The van der Waals surface area contributed by atoms with Crippen LogP contribution in [-0.2, 0) is 0 Å². The van der Waals surface area contributed by atoms with E-state index >= 15 is 0 Å². The van der Waals surface area contributed by atoms with Crippen molar-refractivity contribution < 1.29 is 0 Å². The molecule has 1 aliphatic rings. The molecule has 2 N–H and O–H groups in total. The minimum atomic E-state index is 0.667. The van der Waals surface area contributed by atoms with Crippen molar-refractivity contribution >= 4 is 0 Å². The van der Waals surface area contributed by atoms with Crippen molar-refractivity contribution in [2.75, 3.05) is 20.1 Å². The van der Waals surface area contributed by atoms with Crippen LogP contribution in [0.4, 0.5) is 0 Å². The van der Waals surface area contributed by atoms with E-state index in [0.29, 0.717) is 6.04 Å². The van der Waals surface area contributed by atoms with E-state index < -0.39 is 0 Å². The molecule has 1 rings (SSSR count). The van der Waals surface area contributed by atoms with E-state index in [1.165, 1.54) is 32.4 Å². The molecule has 0 aromatic carbocycles. The van der Waals surface area contributed by atoms with Crippen LogP contribution in [0.1, 0.15) is 26.2 Å². The summed E-state index contributed by atoms with van der Waals surface area (Å²) < 4.78 is 0. The molecule has 2 heteroatoms. The van der Waals surface area contributed by atoms with Gasteiger partial charge in [0.25, 0.3) is 0 Å². The Morgan fingerprint density at radius 3 is 3.00 bits per heavy atom. The molecule has 1 fully saturated rings. The first kappa shape index (κ1) is 9.01. The van der Waals surface area contributed by atoms with E-state index in [-0.39, 0.29) is 0 Å². The summed E-state index contributed by atoms with van der Waals surface area (Å²) in [5.41, 5.74) is 0. The van der Waals surface area contributed by atoms with Crippen molar-refractivity contribution in [3.8, 4) is 0 Å². The molecular formula is C9H20N2. The second kappa shape index (κ2) is 4.73. The van der Waals surface area contributed by atoms with Gasteiger partial charge in [0, 0.05) is 6.04 Å². The van der Waals surface area contributed by atoms with Crippen LogP contribution in [0.15, 0.2) is 0 Å². The second-order valence-corrected chi connectivity index (χ2v) is 3.54. The number of hydrogen-bond donors (Lipinski definition) is 2.